The van der Waals surface area contributed by atoms with Crippen molar-refractivity contribution in [3.63, 3.8) is 0 Å². The Morgan fingerprint density at radius 3 is 2.76 bits per heavy atom. The number of anilines is 1. The highest BCUT2D eigenvalue weighted by Crippen LogP contribution is 2.32. The van der Waals surface area contributed by atoms with E-state index < -0.39 is 0 Å². The molecule has 2 heterocycles. The van der Waals surface area contributed by atoms with Crippen LogP contribution in [0.4, 0.5) is 5.69 Å². The Bertz CT molecular complexity index is 648. The lowest BCUT2D eigenvalue weighted by atomic mass is 10.1. The third-order valence-electron chi connectivity index (χ3n) is 4.16. The molecule has 1 N–H and O–H groups in total. The molecule has 0 aliphatic carbocycles. The first-order valence-corrected chi connectivity index (χ1v) is 8.54. The van der Waals surface area contributed by atoms with E-state index in [9.17, 15) is 0 Å². The molecule has 0 atom stereocenters. The summed E-state index contributed by atoms with van der Waals surface area (Å²) < 4.78 is 1.14. The fourth-order valence-electron chi connectivity index (χ4n) is 2.99. The minimum Gasteiger partial charge on any atom is -0.368 e. The van der Waals surface area contributed by atoms with Crippen molar-refractivity contribution >= 4 is 32.5 Å². The van der Waals surface area contributed by atoms with Crippen LogP contribution in [0.2, 0.25) is 0 Å². The van der Waals surface area contributed by atoms with Crippen molar-refractivity contribution in [2.75, 3.05) is 31.1 Å². The van der Waals surface area contributed by atoms with Crippen molar-refractivity contribution in [2.24, 2.45) is 0 Å². The number of nitrogens with zero attached hydrogens (tertiary/aromatic N) is 2. The van der Waals surface area contributed by atoms with Gasteiger partial charge in [-0.05, 0) is 37.1 Å². The van der Waals surface area contributed by atoms with Gasteiger partial charge in [0.15, 0.2) is 0 Å². The van der Waals surface area contributed by atoms with Gasteiger partial charge >= 0.3 is 0 Å². The Morgan fingerprint density at radius 1 is 1.29 bits per heavy atom. The highest BCUT2D eigenvalue weighted by atomic mass is 79.9. The molecule has 0 spiro atoms. The van der Waals surface area contributed by atoms with E-state index in [1.54, 1.807) is 0 Å². The standard InChI is InChI=1S/C17H22BrN3/c1-3-4-13-11-16(21-9-7-19-8-10-21)14-5-6-15(18)12(2)17(14)20-13/h5-6,11,19H,3-4,7-10H2,1-2H3. The van der Waals surface area contributed by atoms with Crippen LogP contribution in [0.5, 0.6) is 0 Å². The number of hydrogen-bond acceptors (Lipinski definition) is 3. The second-order valence-electron chi connectivity index (χ2n) is 5.69. The van der Waals surface area contributed by atoms with Crippen molar-refractivity contribution in [2.45, 2.75) is 26.7 Å². The Hall–Kier alpha value is -1.13. The molecular weight excluding hydrogens is 326 g/mol. The predicted octanol–water partition coefficient (Wildman–Crippen LogP) is 3.67. The first kappa shape index (κ1) is 14.8. The number of nitrogens with one attached hydrogen (secondary N) is 1. The zero-order valence-electron chi connectivity index (χ0n) is 12.7. The number of hydrogen-bond donors (Lipinski definition) is 1. The number of fused-ring (bicyclic) bond motifs is 1. The van der Waals surface area contributed by atoms with Gasteiger partial charge in [-0.25, -0.2) is 0 Å². The first-order chi connectivity index (χ1) is 10.2. The summed E-state index contributed by atoms with van der Waals surface area (Å²) >= 11 is 3.64. The summed E-state index contributed by atoms with van der Waals surface area (Å²) in [7, 11) is 0. The molecule has 3 rings (SSSR count). The normalized spacial score (nSPS) is 15.7. The molecule has 1 aromatic heterocycles. The van der Waals surface area contributed by atoms with E-state index in [1.807, 2.05) is 0 Å². The smallest absolute Gasteiger partial charge is 0.0766 e. The Morgan fingerprint density at radius 2 is 2.05 bits per heavy atom. The van der Waals surface area contributed by atoms with Crippen LogP contribution in [-0.4, -0.2) is 31.2 Å². The molecule has 0 bridgehead atoms. The highest BCUT2D eigenvalue weighted by Gasteiger charge is 2.16. The number of piperazine rings is 1. The van der Waals surface area contributed by atoms with Gasteiger partial charge in [-0.1, -0.05) is 29.3 Å². The zero-order valence-corrected chi connectivity index (χ0v) is 14.3. The van der Waals surface area contributed by atoms with Crippen LogP contribution in [0.15, 0.2) is 22.7 Å². The number of halogens is 1. The van der Waals surface area contributed by atoms with E-state index >= 15 is 0 Å². The summed E-state index contributed by atoms with van der Waals surface area (Å²) in [6, 6.07) is 6.64. The van der Waals surface area contributed by atoms with Crippen LogP contribution in [0.3, 0.4) is 0 Å². The van der Waals surface area contributed by atoms with Crippen LogP contribution >= 0.6 is 15.9 Å². The monoisotopic (exact) mass is 347 g/mol. The fourth-order valence-corrected chi connectivity index (χ4v) is 3.31. The van der Waals surface area contributed by atoms with Gasteiger partial charge < -0.3 is 10.2 Å². The van der Waals surface area contributed by atoms with Crippen molar-refractivity contribution in [1.82, 2.24) is 10.3 Å². The minimum absolute atomic E-state index is 1.04. The maximum atomic E-state index is 4.91. The quantitative estimate of drug-likeness (QED) is 0.917. The Balaban J connectivity index is 2.17. The second kappa shape index (κ2) is 6.32. The molecule has 21 heavy (non-hydrogen) atoms. The Kier molecular flexibility index (Phi) is 4.45. The molecule has 112 valence electrons. The minimum atomic E-state index is 1.04. The average Bonchev–Trinajstić information content (AvgIpc) is 2.52. The average molecular weight is 348 g/mol. The van der Waals surface area contributed by atoms with Gasteiger partial charge in [0.05, 0.1) is 5.52 Å². The van der Waals surface area contributed by atoms with Crippen LogP contribution < -0.4 is 10.2 Å². The molecule has 1 saturated heterocycles. The number of aromatic nitrogens is 1. The van der Waals surface area contributed by atoms with E-state index in [0.29, 0.717) is 0 Å². The third kappa shape index (κ3) is 2.92. The molecule has 1 aromatic carbocycles. The van der Waals surface area contributed by atoms with Gasteiger partial charge in [-0.3, -0.25) is 4.98 Å². The van der Waals surface area contributed by atoms with Crippen LogP contribution in [0.25, 0.3) is 10.9 Å². The number of benzene rings is 1. The molecule has 0 unspecified atom stereocenters. The van der Waals surface area contributed by atoms with Gasteiger partial charge in [0.1, 0.15) is 0 Å². The lowest BCUT2D eigenvalue weighted by molar-refractivity contribution is 0.590. The summed E-state index contributed by atoms with van der Waals surface area (Å²) in [6.07, 6.45) is 2.17. The summed E-state index contributed by atoms with van der Waals surface area (Å²) in [6.45, 7) is 8.62. The molecule has 1 aliphatic rings. The van der Waals surface area contributed by atoms with Gasteiger partial charge in [0.2, 0.25) is 0 Å². The van der Waals surface area contributed by atoms with E-state index in [-0.39, 0.29) is 0 Å². The van der Waals surface area contributed by atoms with E-state index in [2.05, 4.69) is 58.2 Å². The van der Waals surface area contributed by atoms with Gasteiger partial charge in [-0.2, -0.15) is 0 Å². The van der Waals surface area contributed by atoms with Crippen molar-refractivity contribution in [1.29, 1.82) is 0 Å². The molecule has 0 saturated carbocycles. The zero-order chi connectivity index (χ0) is 14.8. The van der Waals surface area contributed by atoms with Gasteiger partial charge in [0.25, 0.3) is 0 Å². The van der Waals surface area contributed by atoms with Crippen LogP contribution in [-0.2, 0) is 6.42 Å². The molecule has 4 heteroatoms. The van der Waals surface area contributed by atoms with Gasteiger partial charge in [-0.15, -0.1) is 0 Å². The molecule has 0 radical (unpaired) electrons. The number of rotatable bonds is 3. The van der Waals surface area contributed by atoms with E-state index in [4.69, 9.17) is 4.98 Å². The molecule has 1 aliphatic heterocycles. The predicted molar refractivity (Wildman–Crippen MR) is 93.3 cm³/mol. The molecular formula is C17H22BrN3. The first-order valence-electron chi connectivity index (χ1n) is 7.75. The molecule has 1 fully saturated rings. The highest BCUT2D eigenvalue weighted by molar-refractivity contribution is 9.10. The molecule has 0 amide bonds. The SMILES string of the molecule is CCCc1cc(N2CCNCC2)c2ccc(Br)c(C)c2n1. The lowest BCUT2D eigenvalue weighted by Gasteiger charge is -2.31. The maximum Gasteiger partial charge on any atom is 0.0766 e. The summed E-state index contributed by atoms with van der Waals surface area (Å²) in [5.74, 6) is 0. The molecule has 3 nitrogen and oxygen atoms in total. The van der Waals surface area contributed by atoms with Crippen LogP contribution in [0.1, 0.15) is 24.6 Å². The van der Waals surface area contributed by atoms with Crippen molar-refractivity contribution in [3.8, 4) is 0 Å². The number of aryl methyl sites for hydroxylation is 2. The second-order valence-corrected chi connectivity index (χ2v) is 6.54. The Labute approximate surface area is 134 Å². The van der Waals surface area contributed by atoms with Gasteiger partial charge in [0, 0.05) is 47.4 Å². The third-order valence-corrected chi connectivity index (χ3v) is 5.02. The molecule has 2 aromatic rings. The lowest BCUT2D eigenvalue weighted by Crippen LogP contribution is -2.43. The van der Waals surface area contributed by atoms with Crippen molar-refractivity contribution in [3.05, 3.63) is 33.9 Å². The van der Waals surface area contributed by atoms with Crippen molar-refractivity contribution < 1.29 is 0 Å². The van der Waals surface area contributed by atoms with Crippen LogP contribution in [0, 0.1) is 6.92 Å². The maximum absolute atomic E-state index is 4.91. The van der Waals surface area contributed by atoms with E-state index in [1.165, 1.54) is 22.3 Å². The summed E-state index contributed by atoms with van der Waals surface area (Å²) in [5, 5.41) is 4.70. The summed E-state index contributed by atoms with van der Waals surface area (Å²) in [5.41, 5.74) is 4.94. The fraction of sp³-hybridized carbons (Fsp3) is 0.471. The summed E-state index contributed by atoms with van der Waals surface area (Å²) in [4.78, 5) is 7.40. The largest absolute Gasteiger partial charge is 0.368 e. The number of pyridine rings is 1. The van der Waals surface area contributed by atoms with E-state index in [0.717, 1.165) is 49.0 Å². The topological polar surface area (TPSA) is 28.2 Å².